The normalized spacial score (nSPS) is 26.7. The zero-order chi connectivity index (χ0) is 9.97. The lowest BCUT2D eigenvalue weighted by atomic mass is 9.98. The van der Waals surface area contributed by atoms with Crippen molar-refractivity contribution in [1.82, 2.24) is 0 Å². The van der Waals surface area contributed by atoms with Crippen molar-refractivity contribution >= 4 is 15.9 Å². The van der Waals surface area contributed by atoms with Crippen molar-refractivity contribution in [2.45, 2.75) is 18.6 Å². The van der Waals surface area contributed by atoms with Gasteiger partial charge in [-0.25, -0.2) is 0 Å². The quantitative estimate of drug-likeness (QED) is 0.811. The first-order valence-corrected chi connectivity index (χ1v) is 5.49. The highest BCUT2D eigenvalue weighted by Gasteiger charge is 2.27. The third-order valence-corrected chi connectivity index (χ3v) is 3.29. The number of methoxy groups -OCH3 is 1. The van der Waals surface area contributed by atoms with E-state index in [0.717, 1.165) is 17.5 Å². The fraction of sp³-hybridized carbons (Fsp3) is 0.455. The van der Waals surface area contributed by atoms with Gasteiger partial charge in [-0.1, -0.05) is 34.1 Å². The van der Waals surface area contributed by atoms with Crippen molar-refractivity contribution in [3.8, 4) is 0 Å². The first kappa shape index (κ1) is 10.1. The Morgan fingerprint density at radius 3 is 2.86 bits per heavy atom. The molecule has 2 atom stereocenters. The minimum Gasteiger partial charge on any atom is -0.356 e. The van der Waals surface area contributed by atoms with E-state index in [4.69, 9.17) is 9.47 Å². The van der Waals surface area contributed by atoms with E-state index in [1.54, 1.807) is 7.11 Å². The highest BCUT2D eigenvalue weighted by Crippen LogP contribution is 2.33. The maximum atomic E-state index is 5.48. The van der Waals surface area contributed by atoms with Crippen LogP contribution < -0.4 is 0 Å². The van der Waals surface area contributed by atoms with Gasteiger partial charge in [0.05, 0.1) is 6.61 Å². The van der Waals surface area contributed by atoms with Gasteiger partial charge in [0.25, 0.3) is 0 Å². The smallest absolute Gasteiger partial charge is 0.157 e. The molecule has 1 aromatic rings. The summed E-state index contributed by atoms with van der Waals surface area (Å²) >= 11 is 3.55. The van der Waals surface area contributed by atoms with E-state index in [1.165, 1.54) is 5.56 Å². The maximum Gasteiger partial charge on any atom is 0.157 e. The molecule has 2 rings (SSSR count). The Kier molecular flexibility index (Phi) is 3.21. The summed E-state index contributed by atoms with van der Waals surface area (Å²) in [5, 5.41) is 0. The molecule has 1 aliphatic heterocycles. The first-order chi connectivity index (χ1) is 6.81. The van der Waals surface area contributed by atoms with Crippen LogP contribution in [-0.4, -0.2) is 20.0 Å². The Morgan fingerprint density at radius 1 is 1.43 bits per heavy atom. The molecule has 0 unspecified atom stereocenters. The number of halogens is 1. The van der Waals surface area contributed by atoms with Crippen LogP contribution >= 0.6 is 15.9 Å². The second-order valence-corrected chi connectivity index (χ2v) is 4.31. The summed E-state index contributed by atoms with van der Waals surface area (Å²) in [5.74, 6) is 0.454. The molecule has 1 aliphatic rings. The number of hydrogen-bond donors (Lipinski definition) is 0. The number of rotatable bonds is 2. The Morgan fingerprint density at radius 2 is 2.21 bits per heavy atom. The molecule has 0 N–H and O–H groups in total. The Labute approximate surface area is 92.3 Å². The third kappa shape index (κ3) is 2.00. The molecular formula is C11H13BrO2. The predicted molar refractivity (Wildman–Crippen MR) is 58.2 cm³/mol. The SMILES string of the molecule is CO[C@H]1C[C@H](c2ccccc2Br)CO1. The summed E-state index contributed by atoms with van der Waals surface area (Å²) in [4.78, 5) is 0. The topological polar surface area (TPSA) is 18.5 Å². The third-order valence-electron chi connectivity index (χ3n) is 2.57. The first-order valence-electron chi connectivity index (χ1n) is 4.70. The molecule has 3 heteroatoms. The fourth-order valence-electron chi connectivity index (χ4n) is 1.78. The molecule has 0 aliphatic carbocycles. The molecule has 0 saturated carbocycles. The molecule has 2 nitrogen and oxygen atoms in total. The predicted octanol–water partition coefficient (Wildman–Crippen LogP) is 2.93. The average molecular weight is 257 g/mol. The highest BCUT2D eigenvalue weighted by atomic mass is 79.9. The van der Waals surface area contributed by atoms with Gasteiger partial charge in [0, 0.05) is 23.9 Å². The van der Waals surface area contributed by atoms with Crippen LogP contribution in [0.15, 0.2) is 28.7 Å². The summed E-state index contributed by atoms with van der Waals surface area (Å²) in [6, 6.07) is 8.28. The lowest BCUT2D eigenvalue weighted by Gasteiger charge is -2.10. The molecule has 14 heavy (non-hydrogen) atoms. The van der Waals surface area contributed by atoms with Gasteiger partial charge in [-0.2, -0.15) is 0 Å². The van der Waals surface area contributed by atoms with Gasteiger partial charge in [0.1, 0.15) is 0 Å². The van der Waals surface area contributed by atoms with Crippen LogP contribution in [0, 0.1) is 0 Å². The number of benzene rings is 1. The van der Waals surface area contributed by atoms with E-state index in [2.05, 4.69) is 34.1 Å². The zero-order valence-electron chi connectivity index (χ0n) is 8.07. The van der Waals surface area contributed by atoms with Crippen LogP contribution in [0.3, 0.4) is 0 Å². The van der Waals surface area contributed by atoms with Crippen molar-refractivity contribution in [3.63, 3.8) is 0 Å². The Hall–Kier alpha value is -0.380. The van der Waals surface area contributed by atoms with E-state index < -0.39 is 0 Å². The van der Waals surface area contributed by atoms with Crippen molar-refractivity contribution in [3.05, 3.63) is 34.3 Å². The summed E-state index contributed by atoms with van der Waals surface area (Å²) in [5.41, 5.74) is 1.31. The van der Waals surface area contributed by atoms with Crippen molar-refractivity contribution < 1.29 is 9.47 Å². The largest absolute Gasteiger partial charge is 0.356 e. The molecule has 1 aromatic carbocycles. The maximum absolute atomic E-state index is 5.48. The van der Waals surface area contributed by atoms with Gasteiger partial charge >= 0.3 is 0 Å². The Balaban J connectivity index is 2.13. The summed E-state index contributed by atoms with van der Waals surface area (Å²) in [6.07, 6.45) is 0.908. The van der Waals surface area contributed by atoms with E-state index in [0.29, 0.717) is 5.92 Å². The van der Waals surface area contributed by atoms with Crippen molar-refractivity contribution in [2.75, 3.05) is 13.7 Å². The monoisotopic (exact) mass is 256 g/mol. The molecule has 0 amide bonds. The van der Waals surface area contributed by atoms with Crippen LogP contribution in [0.1, 0.15) is 17.9 Å². The molecule has 0 spiro atoms. The van der Waals surface area contributed by atoms with Gasteiger partial charge in [0.2, 0.25) is 0 Å². The number of ether oxygens (including phenoxy) is 2. The van der Waals surface area contributed by atoms with Crippen LogP contribution in [0.5, 0.6) is 0 Å². The lowest BCUT2D eigenvalue weighted by Crippen LogP contribution is -2.06. The Bertz CT molecular complexity index is 314. The highest BCUT2D eigenvalue weighted by molar-refractivity contribution is 9.10. The second-order valence-electron chi connectivity index (χ2n) is 3.45. The minimum atomic E-state index is -0.0351. The molecule has 0 radical (unpaired) electrons. The summed E-state index contributed by atoms with van der Waals surface area (Å²) in [7, 11) is 1.69. The lowest BCUT2D eigenvalue weighted by molar-refractivity contribution is -0.0880. The van der Waals surface area contributed by atoms with Gasteiger partial charge < -0.3 is 9.47 Å². The van der Waals surface area contributed by atoms with Gasteiger partial charge in [-0.15, -0.1) is 0 Å². The summed E-state index contributed by atoms with van der Waals surface area (Å²) < 4.78 is 11.8. The molecule has 0 bridgehead atoms. The van der Waals surface area contributed by atoms with E-state index in [1.807, 2.05) is 6.07 Å². The summed E-state index contributed by atoms with van der Waals surface area (Å²) in [6.45, 7) is 0.751. The molecule has 1 heterocycles. The molecule has 0 aromatic heterocycles. The molecule has 76 valence electrons. The van der Waals surface area contributed by atoms with Crippen LogP contribution in [0.2, 0.25) is 0 Å². The van der Waals surface area contributed by atoms with E-state index in [9.17, 15) is 0 Å². The minimum absolute atomic E-state index is 0.0351. The standard InChI is InChI=1S/C11H13BrO2/c1-13-11-6-8(7-14-11)9-4-2-3-5-10(9)12/h2-5,8,11H,6-7H2,1H3/t8-,11+/m0/s1. The molecule has 1 saturated heterocycles. The van der Waals surface area contributed by atoms with Crippen LogP contribution in [-0.2, 0) is 9.47 Å². The van der Waals surface area contributed by atoms with Gasteiger partial charge in [-0.3, -0.25) is 0 Å². The second kappa shape index (κ2) is 4.43. The van der Waals surface area contributed by atoms with Gasteiger partial charge in [0.15, 0.2) is 6.29 Å². The number of hydrogen-bond acceptors (Lipinski definition) is 2. The molecule has 1 fully saturated rings. The average Bonchev–Trinajstić information content (AvgIpc) is 2.67. The zero-order valence-corrected chi connectivity index (χ0v) is 9.66. The van der Waals surface area contributed by atoms with Crippen molar-refractivity contribution in [1.29, 1.82) is 0 Å². The van der Waals surface area contributed by atoms with Crippen LogP contribution in [0.25, 0.3) is 0 Å². The van der Waals surface area contributed by atoms with Crippen molar-refractivity contribution in [2.24, 2.45) is 0 Å². The van der Waals surface area contributed by atoms with E-state index in [-0.39, 0.29) is 6.29 Å². The van der Waals surface area contributed by atoms with Crippen LogP contribution in [0.4, 0.5) is 0 Å². The van der Waals surface area contributed by atoms with Gasteiger partial charge in [-0.05, 0) is 11.6 Å². The molecular weight excluding hydrogens is 244 g/mol. The van der Waals surface area contributed by atoms with E-state index >= 15 is 0 Å². The fourth-order valence-corrected chi connectivity index (χ4v) is 2.39.